The number of fused-ring (bicyclic) bond motifs is 1. The first-order valence-electron chi connectivity index (χ1n) is 4.07. The molecule has 0 bridgehead atoms. The van der Waals surface area contributed by atoms with E-state index in [9.17, 15) is 0 Å². The van der Waals surface area contributed by atoms with Crippen LogP contribution in [-0.2, 0) is 164 Å². The fraction of sp³-hybridized carbons (Fsp3) is 0.167. The molecule has 0 fully saturated rings. The molecule has 0 unspecified atom stereocenters. The van der Waals surface area contributed by atoms with Crippen molar-refractivity contribution in [3.05, 3.63) is 47.5 Å². The Morgan fingerprint density at radius 2 is 0.882 bits per heavy atom. The summed E-state index contributed by atoms with van der Waals surface area (Å²) in [5, 5.41) is 2.31. The Hall–Kier alpha value is 4.22. The maximum absolute atomic E-state index is 3.29. The molecule has 0 spiro atoms. The zero-order valence-electron chi connectivity index (χ0n) is 10.2. The van der Waals surface area contributed by atoms with Crippen molar-refractivity contribution in [1.29, 1.82) is 0 Å². The summed E-state index contributed by atoms with van der Waals surface area (Å²) < 4.78 is 0. The second-order valence-electron chi connectivity index (χ2n) is 3.11. The van der Waals surface area contributed by atoms with E-state index in [4.69, 9.17) is 0 Å². The fourth-order valence-electron chi connectivity index (χ4n) is 1.32. The van der Waals surface area contributed by atoms with E-state index in [0.717, 1.165) is 10.8 Å². The van der Waals surface area contributed by atoms with Crippen molar-refractivity contribution in [2.75, 3.05) is 0 Å². The molecule has 2 aromatic rings. The molecule has 0 aliphatic carbocycles. The summed E-state index contributed by atoms with van der Waals surface area (Å²) in [5.74, 6) is 0. The molecule has 75 valence electrons. The molecule has 0 saturated carbocycles. The van der Waals surface area contributed by atoms with E-state index in [2.05, 4.69) is 50.2 Å². The van der Waals surface area contributed by atoms with Crippen LogP contribution in [0.4, 0.5) is 0 Å². The molecule has 2 aromatic carbocycles. The maximum atomic E-state index is 3.29. The van der Waals surface area contributed by atoms with Gasteiger partial charge < -0.3 is 0 Å². The van der Waals surface area contributed by atoms with E-state index >= 15 is 0 Å². The van der Waals surface area contributed by atoms with Gasteiger partial charge in [-0.15, -0.1) is 0 Å². The van der Waals surface area contributed by atoms with E-state index in [1.807, 2.05) is 0 Å². The molecule has 0 nitrogen and oxygen atoms in total. The predicted octanol–water partition coefficient (Wildman–Crippen LogP) is 3.04. The molecule has 5 heteroatoms. The van der Waals surface area contributed by atoms with Gasteiger partial charge in [0.15, 0.2) is 0 Å². The van der Waals surface area contributed by atoms with Gasteiger partial charge in [-0.3, -0.25) is 0 Å². The van der Waals surface area contributed by atoms with Gasteiger partial charge in [-0.1, -0.05) is 13.8 Å². The van der Waals surface area contributed by atoms with Gasteiger partial charge in [-0.05, 0) is 0 Å². The Morgan fingerprint density at radius 3 is 1.18 bits per heavy atom. The minimum absolute atomic E-state index is 0. The quantitative estimate of drug-likeness (QED) is 0.410. The first-order chi connectivity index (χ1) is 5.75. The van der Waals surface area contributed by atoms with E-state index < -0.39 is 0 Å². The average Bonchev–Trinajstić information content (AvgIpc) is 2.05. The monoisotopic (exact) mass is 599 g/mol. The molecule has 0 saturated heterocycles. The van der Waals surface area contributed by atoms with Gasteiger partial charge in [0.05, 0.1) is 0 Å². The standard InChI is InChI=1S/C12H10.5Y/c1-9-3-5-12-8-10(2)4-6-11(12)7-9;;;;;/h3-6H,1-2H3;;;;;/q-2;;;;;. The van der Waals surface area contributed by atoms with Crippen molar-refractivity contribution in [2.24, 2.45) is 0 Å². The Morgan fingerprint density at radius 1 is 0.588 bits per heavy atom. The van der Waals surface area contributed by atoms with Gasteiger partial charge in [0.1, 0.15) is 0 Å². The Balaban J connectivity index is -0.000000169. The fourth-order valence-corrected chi connectivity index (χ4v) is 1.32. The molecule has 0 atom stereocenters. The van der Waals surface area contributed by atoms with Crippen LogP contribution in [-0.4, -0.2) is 0 Å². The molecule has 5 radical (unpaired) electrons. The number of hydrogen-bond acceptors (Lipinski definition) is 0. The van der Waals surface area contributed by atoms with Crippen molar-refractivity contribution in [2.45, 2.75) is 13.8 Å². The summed E-state index contributed by atoms with van der Waals surface area (Å²) >= 11 is 0. The summed E-state index contributed by atoms with van der Waals surface area (Å²) in [7, 11) is 0. The van der Waals surface area contributed by atoms with Gasteiger partial charge >= 0.3 is 0 Å². The van der Waals surface area contributed by atoms with Crippen molar-refractivity contribution < 1.29 is 164 Å². The Bertz CT molecular complexity index is 387. The maximum Gasteiger partial charge on any atom is 0 e. The molecule has 0 N–H and O–H groups in total. The molecule has 0 aliphatic rings. The molecular weight excluding hydrogens is 589 g/mol. The van der Waals surface area contributed by atoms with Crippen molar-refractivity contribution in [1.82, 2.24) is 0 Å². The first-order valence-corrected chi connectivity index (χ1v) is 4.07. The third kappa shape index (κ3) is 9.76. The first kappa shape index (κ1) is 29.3. The molecule has 0 aromatic heterocycles. The average molecular weight is 599 g/mol. The smallest absolute Gasteiger partial charge is 0 e. The Labute approximate surface area is 230 Å². The predicted molar refractivity (Wildman–Crippen MR) is 51.1 cm³/mol. The van der Waals surface area contributed by atoms with Crippen LogP contribution in [0, 0.1) is 26.0 Å². The number of rotatable bonds is 0. The zero-order chi connectivity index (χ0) is 8.55. The largest absolute Gasteiger partial charge is 0.235 e. The number of hydrogen-bond donors (Lipinski definition) is 0. The zero-order valence-corrected chi connectivity index (χ0v) is 24.4. The van der Waals surface area contributed by atoms with Crippen LogP contribution in [0.25, 0.3) is 10.8 Å². The SMILES string of the molecule is Cc1[c-]c2ccc(C)[c-]c2cc1.[Y].[Y].[Y].[Y].[Y]. The Kier molecular flexibility index (Phi) is 26.0. The van der Waals surface area contributed by atoms with Gasteiger partial charge in [-0.2, -0.15) is 35.4 Å². The summed E-state index contributed by atoms with van der Waals surface area (Å²) in [6.45, 7) is 4.11. The van der Waals surface area contributed by atoms with Crippen molar-refractivity contribution >= 4 is 10.8 Å². The normalized spacial score (nSPS) is 7.41. The topological polar surface area (TPSA) is 0 Å². The summed E-state index contributed by atoms with van der Waals surface area (Å²) in [5.41, 5.74) is 2.36. The van der Waals surface area contributed by atoms with Crippen molar-refractivity contribution in [3.8, 4) is 0 Å². The van der Waals surface area contributed by atoms with Crippen LogP contribution in [0.2, 0.25) is 0 Å². The van der Waals surface area contributed by atoms with Crippen molar-refractivity contribution in [3.63, 3.8) is 0 Å². The second kappa shape index (κ2) is 15.1. The van der Waals surface area contributed by atoms with Gasteiger partial charge in [0.2, 0.25) is 0 Å². The van der Waals surface area contributed by atoms with Crippen LogP contribution < -0.4 is 0 Å². The molecule has 2 rings (SSSR count). The molecule has 17 heavy (non-hydrogen) atoms. The third-order valence-corrected chi connectivity index (χ3v) is 1.95. The van der Waals surface area contributed by atoms with Gasteiger partial charge in [-0.25, -0.2) is 22.9 Å². The van der Waals surface area contributed by atoms with E-state index in [1.54, 1.807) is 0 Å². The van der Waals surface area contributed by atoms with E-state index in [1.165, 1.54) is 11.1 Å². The number of aryl methyl sites for hydroxylation is 2. The number of benzene rings is 2. The molecular formula is C12H10Y5-2. The summed E-state index contributed by atoms with van der Waals surface area (Å²) in [6, 6.07) is 14.9. The summed E-state index contributed by atoms with van der Waals surface area (Å²) in [6.07, 6.45) is 0. The van der Waals surface area contributed by atoms with Crippen LogP contribution in [0.5, 0.6) is 0 Å². The minimum atomic E-state index is 0. The summed E-state index contributed by atoms with van der Waals surface area (Å²) in [4.78, 5) is 0. The van der Waals surface area contributed by atoms with Crippen LogP contribution in [0.1, 0.15) is 11.1 Å². The van der Waals surface area contributed by atoms with E-state index in [-0.39, 0.29) is 164 Å². The van der Waals surface area contributed by atoms with Gasteiger partial charge in [0.25, 0.3) is 0 Å². The molecule has 0 aliphatic heterocycles. The van der Waals surface area contributed by atoms with Crippen LogP contribution in [0.15, 0.2) is 24.3 Å². The second-order valence-corrected chi connectivity index (χ2v) is 3.11. The molecule has 0 amide bonds. The third-order valence-electron chi connectivity index (χ3n) is 1.95. The minimum Gasteiger partial charge on any atom is -0.235 e. The van der Waals surface area contributed by atoms with E-state index in [0.29, 0.717) is 0 Å². The molecule has 0 heterocycles. The van der Waals surface area contributed by atoms with Crippen LogP contribution in [0.3, 0.4) is 0 Å². The van der Waals surface area contributed by atoms with Gasteiger partial charge in [0, 0.05) is 164 Å². The van der Waals surface area contributed by atoms with Crippen LogP contribution >= 0.6 is 0 Å².